The first kappa shape index (κ1) is 11.4. The predicted molar refractivity (Wildman–Crippen MR) is 56.8 cm³/mol. The summed E-state index contributed by atoms with van der Waals surface area (Å²) in [6, 6.07) is 0. The molecule has 0 heterocycles. The Hall–Kier alpha value is -0.590. The van der Waals surface area contributed by atoms with Crippen LogP contribution in [0.15, 0.2) is 17.6 Å². The molecule has 70 valence electrons. The summed E-state index contributed by atoms with van der Waals surface area (Å²) in [5.74, 6) is 0.628. The minimum absolute atomic E-state index is 0.0742. The molecule has 0 spiro atoms. The van der Waals surface area contributed by atoms with Crippen molar-refractivity contribution in [2.24, 2.45) is 16.3 Å². The van der Waals surface area contributed by atoms with E-state index in [1.807, 2.05) is 19.3 Å². The van der Waals surface area contributed by atoms with Crippen molar-refractivity contribution < 1.29 is 0 Å². The number of hydrogen-bond acceptors (Lipinski definition) is 1. The Balaban J connectivity index is 4.38. The maximum absolute atomic E-state index is 4.09. The molecule has 0 amide bonds. The summed E-state index contributed by atoms with van der Waals surface area (Å²) >= 11 is 0. The minimum Gasteiger partial charge on any atom is -0.300 e. The van der Waals surface area contributed by atoms with Gasteiger partial charge in [-0.1, -0.05) is 33.3 Å². The van der Waals surface area contributed by atoms with Crippen molar-refractivity contribution in [2.45, 2.75) is 33.6 Å². The lowest BCUT2D eigenvalue weighted by atomic mass is 9.77. The molecule has 0 aliphatic carbocycles. The Morgan fingerprint density at radius 2 is 2.17 bits per heavy atom. The van der Waals surface area contributed by atoms with Gasteiger partial charge >= 0.3 is 0 Å². The van der Waals surface area contributed by atoms with Gasteiger partial charge in [0.25, 0.3) is 0 Å². The van der Waals surface area contributed by atoms with Crippen LogP contribution in [0.1, 0.15) is 33.6 Å². The average Bonchev–Trinajstić information content (AvgIpc) is 2.05. The molecule has 0 aromatic heterocycles. The molecular weight excluding hydrogens is 146 g/mol. The molecule has 1 heteroatoms. The molecule has 0 aliphatic rings. The van der Waals surface area contributed by atoms with E-state index in [1.165, 1.54) is 12.8 Å². The largest absolute Gasteiger partial charge is 0.300 e. The van der Waals surface area contributed by atoms with Gasteiger partial charge in [-0.25, -0.2) is 0 Å². The molecule has 1 nitrogen and oxygen atoms in total. The Morgan fingerprint density at radius 1 is 1.58 bits per heavy atom. The van der Waals surface area contributed by atoms with Crippen LogP contribution in [-0.2, 0) is 0 Å². The van der Waals surface area contributed by atoms with Crippen LogP contribution in [0.25, 0.3) is 0 Å². The SMILES string of the molecule is C=CC(C)(C=NC)C(C)CCC. The van der Waals surface area contributed by atoms with Crippen molar-refractivity contribution in [2.75, 3.05) is 7.05 Å². The molecule has 0 aliphatic heterocycles. The van der Waals surface area contributed by atoms with E-state index in [0.717, 1.165) is 0 Å². The van der Waals surface area contributed by atoms with Crippen LogP contribution in [0.5, 0.6) is 0 Å². The highest BCUT2D eigenvalue weighted by molar-refractivity contribution is 5.68. The monoisotopic (exact) mass is 167 g/mol. The predicted octanol–water partition coefficient (Wildman–Crippen LogP) is 3.32. The molecule has 0 rings (SSSR count). The third kappa shape index (κ3) is 2.80. The number of allylic oxidation sites excluding steroid dienone is 1. The van der Waals surface area contributed by atoms with Crippen LogP contribution in [0, 0.1) is 11.3 Å². The summed E-state index contributed by atoms with van der Waals surface area (Å²) in [4.78, 5) is 4.09. The summed E-state index contributed by atoms with van der Waals surface area (Å²) < 4.78 is 0. The zero-order chi connectivity index (χ0) is 9.61. The fourth-order valence-electron chi connectivity index (χ4n) is 1.40. The highest BCUT2D eigenvalue weighted by Gasteiger charge is 2.24. The van der Waals surface area contributed by atoms with E-state index < -0.39 is 0 Å². The van der Waals surface area contributed by atoms with Crippen molar-refractivity contribution in [3.63, 3.8) is 0 Å². The van der Waals surface area contributed by atoms with Gasteiger partial charge in [-0.05, 0) is 12.3 Å². The second-order valence-corrected chi connectivity index (χ2v) is 3.65. The van der Waals surface area contributed by atoms with E-state index >= 15 is 0 Å². The van der Waals surface area contributed by atoms with Crippen molar-refractivity contribution in [1.82, 2.24) is 0 Å². The van der Waals surface area contributed by atoms with E-state index in [2.05, 4.69) is 32.3 Å². The highest BCUT2D eigenvalue weighted by Crippen LogP contribution is 2.29. The van der Waals surface area contributed by atoms with Gasteiger partial charge in [0.15, 0.2) is 0 Å². The maximum Gasteiger partial charge on any atom is 0.0273 e. The van der Waals surface area contributed by atoms with Crippen LogP contribution in [-0.4, -0.2) is 13.3 Å². The standard InChI is InChI=1S/C11H21N/c1-6-8-10(3)11(4,7-2)9-12-5/h7,9-10H,2,6,8H2,1,3-5H3. The van der Waals surface area contributed by atoms with E-state index in [9.17, 15) is 0 Å². The summed E-state index contributed by atoms with van der Waals surface area (Å²) in [7, 11) is 1.82. The minimum atomic E-state index is 0.0742. The first-order chi connectivity index (χ1) is 5.60. The number of rotatable bonds is 5. The molecule has 0 saturated carbocycles. The second kappa shape index (κ2) is 5.13. The van der Waals surface area contributed by atoms with Crippen molar-refractivity contribution in [3.05, 3.63) is 12.7 Å². The third-order valence-corrected chi connectivity index (χ3v) is 2.63. The van der Waals surface area contributed by atoms with Crippen LogP contribution in [0.4, 0.5) is 0 Å². The summed E-state index contributed by atoms with van der Waals surface area (Å²) in [5, 5.41) is 0. The zero-order valence-corrected chi connectivity index (χ0v) is 8.80. The normalized spacial score (nSPS) is 19.0. The zero-order valence-electron chi connectivity index (χ0n) is 8.80. The van der Waals surface area contributed by atoms with Gasteiger partial charge < -0.3 is 0 Å². The molecule has 2 unspecified atom stereocenters. The number of aliphatic imine (C=N–C) groups is 1. The molecule has 12 heavy (non-hydrogen) atoms. The van der Waals surface area contributed by atoms with Crippen molar-refractivity contribution in [1.29, 1.82) is 0 Å². The molecule has 0 saturated heterocycles. The Morgan fingerprint density at radius 3 is 2.50 bits per heavy atom. The average molecular weight is 167 g/mol. The van der Waals surface area contributed by atoms with Gasteiger partial charge in [0.05, 0.1) is 0 Å². The topological polar surface area (TPSA) is 12.4 Å². The van der Waals surface area contributed by atoms with Gasteiger partial charge in [0, 0.05) is 18.7 Å². The highest BCUT2D eigenvalue weighted by atomic mass is 14.7. The van der Waals surface area contributed by atoms with Gasteiger partial charge in [-0.2, -0.15) is 0 Å². The quantitative estimate of drug-likeness (QED) is 0.440. The summed E-state index contributed by atoms with van der Waals surface area (Å²) in [6.07, 6.45) is 6.46. The molecule has 2 atom stereocenters. The molecule has 0 aromatic rings. The van der Waals surface area contributed by atoms with Crippen LogP contribution in [0.3, 0.4) is 0 Å². The van der Waals surface area contributed by atoms with Gasteiger partial charge in [0.1, 0.15) is 0 Å². The molecule has 0 aromatic carbocycles. The summed E-state index contributed by atoms with van der Waals surface area (Å²) in [6.45, 7) is 10.5. The molecule has 0 fully saturated rings. The Bertz CT molecular complexity index is 160. The Labute approximate surface area is 76.6 Å². The van der Waals surface area contributed by atoms with E-state index in [1.54, 1.807) is 0 Å². The smallest absolute Gasteiger partial charge is 0.0273 e. The van der Waals surface area contributed by atoms with E-state index in [-0.39, 0.29) is 5.41 Å². The van der Waals surface area contributed by atoms with Gasteiger partial charge in [-0.15, -0.1) is 6.58 Å². The van der Waals surface area contributed by atoms with Crippen LogP contribution < -0.4 is 0 Å². The van der Waals surface area contributed by atoms with Crippen LogP contribution in [0.2, 0.25) is 0 Å². The summed E-state index contributed by atoms with van der Waals surface area (Å²) in [5.41, 5.74) is 0.0742. The second-order valence-electron chi connectivity index (χ2n) is 3.65. The Kier molecular flexibility index (Phi) is 4.87. The van der Waals surface area contributed by atoms with Gasteiger partial charge in [0.2, 0.25) is 0 Å². The lowest BCUT2D eigenvalue weighted by molar-refractivity contribution is 0.361. The fraction of sp³-hybridized carbons (Fsp3) is 0.727. The first-order valence-electron chi connectivity index (χ1n) is 4.67. The number of hydrogen-bond donors (Lipinski definition) is 0. The first-order valence-corrected chi connectivity index (χ1v) is 4.67. The molecule has 0 radical (unpaired) electrons. The van der Waals surface area contributed by atoms with E-state index in [0.29, 0.717) is 5.92 Å². The lowest BCUT2D eigenvalue weighted by Gasteiger charge is -2.28. The number of nitrogens with zero attached hydrogens (tertiary/aromatic N) is 1. The van der Waals surface area contributed by atoms with E-state index in [4.69, 9.17) is 0 Å². The lowest BCUT2D eigenvalue weighted by Crippen LogP contribution is -2.24. The molecular formula is C11H21N. The third-order valence-electron chi connectivity index (χ3n) is 2.63. The van der Waals surface area contributed by atoms with Crippen molar-refractivity contribution in [3.8, 4) is 0 Å². The molecule has 0 N–H and O–H groups in total. The molecule has 0 bridgehead atoms. The maximum atomic E-state index is 4.09. The fourth-order valence-corrected chi connectivity index (χ4v) is 1.40. The van der Waals surface area contributed by atoms with Gasteiger partial charge in [-0.3, -0.25) is 4.99 Å². The van der Waals surface area contributed by atoms with Crippen LogP contribution >= 0.6 is 0 Å². The van der Waals surface area contributed by atoms with Crippen molar-refractivity contribution >= 4 is 6.21 Å².